The molecule has 4 heteroatoms. The van der Waals surface area contributed by atoms with Gasteiger partial charge in [0.05, 0.1) is 23.6 Å². The summed E-state index contributed by atoms with van der Waals surface area (Å²) >= 11 is 6.08. The van der Waals surface area contributed by atoms with Crippen LogP contribution in [-0.2, 0) is 0 Å². The van der Waals surface area contributed by atoms with Crippen molar-refractivity contribution < 1.29 is 4.74 Å². The number of benzene rings is 1. The Kier molecular flexibility index (Phi) is 4.03. The smallest absolute Gasteiger partial charge is 0.137 e. The highest BCUT2D eigenvalue weighted by Gasteiger charge is 2.29. The van der Waals surface area contributed by atoms with Gasteiger partial charge in [-0.3, -0.25) is 0 Å². The van der Waals surface area contributed by atoms with E-state index in [1.165, 1.54) is 0 Å². The zero-order valence-electron chi connectivity index (χ0n) is 10.5. The summed E-state index contributed by atoms with van der Waals surface area (Å²) < 4.78 is 5.13. The predicted molar refractivity (Wildman–Crippen MR) is 69.1 cm³/mol. The summed E-state index contributed by atoms with van der Waals surface area (Å²) in [6, 6.07) is 5.45. The summed E-state index contributed by atoms with van der Waals surface area (Å²) in [6.45, 7) is 5.56. The van der Waals surface area contributed by atoms with E-state index in [1.54, 1.807) is 13.2 Å². The van der Waals surface area contributed by atoms with Crippen molar-refractivity contribution in [1.29, 1.82) is 5.26 Å². The molecular formula is C13H17ClN2O. The number of nitriles is 1. The number of methoxy groups -OCH3 is 1. The van der Waals surface area contributed by atoms with Gasteiger partial charge in [0, 0.05) is 6.04 Å². The predicted octanol–water partition coefficient (Wildman–Crippen LogP) is 3.21. The third kappa shape index (κ3) is 2.71. The van der Waals surface area contributed by atoms with E-state index in [4.69, 9.17) is 27.3 Å². The summed E-state index contributed by atoms with van der Waals surface area (Å²) in [5.74, 6) is 0.620. The average molecular weight is 253 g/mol. The Morgan fingerprint density at radius 1 is 1.47 bits per heavy atom. The van der Waals surface area contributed by atoms with Gasteiger partial charge in [0.15, 0.2) is 0 Å². The van der Waals surface area contributed by atoms with Crippen molar-refractivity contribution in [2.24, 2.45) is 11.1 Å². The quantitative estimate of drug-likeness (QED) is 0.899. The molecule has 0 aliphatic heterocycles. The third-order valence-electron chi connectivity index (χ3n) is 2.94. The van der Waals surface area contributed by atoms with Crippen LogP contribution in [0.4, 0.5) is 0 Å². The zero-order valence-corrected chi connectivity index (χ0v) is 11.3. The van der Waals surface area contributed by atoms with Crippen LogP contribution in [0.25, 0.3) is 0 Å². The molecule has 0 bridgehead atoms. The van der Waals surface area contributed by atoms with Gasteiger partial charge in [0.25, 0.3) is 0 Å². The summed E-state index contributed by atoms with van der Waals surface area (Å²) in [6.07, 6.45) is 0. The maximum absolute atomic E-state index is 9.10. The molecule has 1 atom stereocenters. The fourth-order valence-electron chi connectivity index (χ4n) is 1.62. The molecule has 2 N–H and O–H groups in total. The number of halogens is 1. The van der Waals surface area contributed by atoms with E-state index in [0.717, 1.165) is 11.1 Å². The molecule has 0 radical (unpaired) electrons. The molecule has 0 saturated carbocycles. The minimum atomic E-state index is -0.636. The second-order valence-electron chi connectivity index (χ2n) is 4.65. The van der Waals surface area contributed by atoms with Gasteiger partial charge in [-0.1, -0.05) is 11.6 Å². The highest BCUT2D eigenvalue weighted by atomic mass is 35.5. The Morgan fingerprint density at radius 2 is 2.06 bits per heavy atom. The Morgan fingerprint density at radius 3 is 2.53 bits per heavy atom. The standard InChI is InChI=1S/C13H17ClN2O/c1-8-5-11(17-4)10(14)6-9(8)12(16)13(2,3)7-15/h5-6,12H,16H2,1-4H3. The minimum Gasteiger partial charge on any atom is -0.495 e. The van der Waals surface area contributed by atoms with Crippen molar-refractivity contribution in [2.75, 3.05) is 7.11 Å². The van der Waals surface area contributed by atoms with Gasteiger partial charge in [0.2, 0.25) is 0 Å². The van der Waals surface area contributed by atoms with Crippen LogP contribution in [0.1, 0.15) is 31.0 Å². The molecular weight excluding hydrogens is 236 g/mol. The lowest BCUT2D eigenvalue weighted by Gasteiger charge is -2.26. The third-order valence-corrected chi connectivity index (χ3v) is 3.24. The molecule has 0 aliphatic carbocycles. The van der Waals surface area contributed by atoms with Crippen LogP contribution in [0, 0.1) is 23.7 Å². The highest BCUT2D eigenvalue weighted by Crippen LogP contribution is 2.36. The molecule has 1 rings (SSSR count). The van der Waals surface area contributed by atoms with E-state index >= 15 is 0 Å². The van der Waals surface area contributed by atoms with Crippen LogP contribution in [0.15, 0.2) is 12.1 Å². The number of aryl methyl sites for hydroxylation is 1. The summed E-state index contributed by atoms with van der Waals surface area (Å²) in [5, 5.41) is 9.61. The summed E-state index contributed by atoms with van der Waals surface area (Å²) in [4.78, 5) is 0. The first-order valence-corrected chi connectivity index (χ1v) is 5.72. The van der Waals surface area contributed by atoms with Crippen LogP contribution in [0.3, 0.4) is 0 Å². The van der Waals surface area contributed by atoms with Gasteiger partial charge in [-0.2, -0.15) is 5.26 Å². The van der Waals surface area contributed by atoms with Crippen molar-refractivity contribution in [3.05, 3.63) is 28.3 Å². The van der Waals surface area contributed by atoms with Gasteiger partial charge in [-0.25, -0.2) is 0 Å². The van der Waals surface area contributed by atoms with Crippen LogP contribution >= 0.6 is 11.6 Å². The molecule has 0 fully saturated rings. The second-order valence-corrected chi connectivity index (χ2v) is 5.06. The van der Waals surface area contributed by atoms with E-state index in [-0.39, 0.29) is 6.04 Å². The highest BCUT2D eigenvalue weighted by molar-refractivity contribution is 6.32. The van der Waals surface area contributed by atoms with E-state index in [0.29, 0.717) is 10.8 Å². The molecule has 0 aromatic heterocycles. The second kappa shape index (κ2) is 4.95. The molecule has 1 unspecified atom stereocenters. The Labute approximate surface area is 107 Å². The van der Waals surface area contributed by atoms with Gasteiger partial charge >= 0.3 is 0 Å². The van der Waals surface area contributed by atoms with Crippen LogP contribution in [-0.4, -0.2) is 7.11 Å². The van der Waals surface area contributed by atoms with Crippen molar-refractivity contribution >= 4 is 11.6 Å². The lowest BCUT2D eigenvalue weighted by atomic mass is 9.81. The molecule has 0 heterocycles. The Hall–Kier alpha value is -1.24. The number of nitrogens with zero attached hydrogens (tertiary/aromatic N) is 1. The minimum absolute atomic E-state index is 0.379. The lowest BCUT2D eigenvalue weighted by Crippen LogP contribution is -2.28. The van der Waals surface area contributed by atoms with E-state index < -0.39 is 5.41 Å². The normalized spacial score (nSPS) is 13.0. The topological polar surface area (TPSA) is 59.0 Å². The molecule has 3 nitrogen and oxygen atoms in total. The van der Waals surface area contributed by atoms with E-state index in [2.05, 4.69) is 6.07 Å². The van der Waals surface area contributed by atoms with Crippen molar-refractivity contribution in [2.45, 2.75) is 26.8 Å². The molecule has 0 saturated heterocycles. The molecule has 17 heavy (non-hydrogen) atoms. The maximum atomic E-state index is 9.10. The molecule has 0 aliphatic rings. The number of hydrogen-bond donors (Lipinski definition) is 1. The van der Waals surface area contributed by atoms with Crippen molar-refractivity contribution in [1.82, 2.24) is 0 Å². The van der Waals surface area contributed by atoms with Gasteiger partial charge in [-0.05, 0) is 44.0 Å². The largest absolute Gasteiger partial charge is 0.495 e. The van der Waals surface area contributed by atoms with E-state index in [1.807, 2.05) is 26.8 Å². The number of hydrogen-bond acceptors (Lipinski definition) is 3. The summed E-state index contributed by atoms with van der Waals surface area (Å²) in [7, 11) is 1.57. The fourth-order valence-corrected chi connectivity index (χ4v) is 1.87. The molecule has 1 aromatic carbocycles. The van der Waals surface area contributed by atoms with Crippen LogP contribution in [0.2, 0.25) is 5.02 Å². The summed E-state index contributed by atoms with van der Waals surface area (Å²) in [5.41, 5.74) is 7.34. The van der Waals surface area contributed by atoms with Gasteiger partial charge < -0.3 is 10.5 Å². The Balaban J connectivity index is 3.25. The lowest BCUT2D eigenvalue weighted by molar-refractivity contribution is 0.390. The fraction of sp³-hybridized carbons (Fsp3) is 0.462. The average Bonchev–Trinajstić information content (AvgIpc) is 2.30. The number of nitrogens with two attached hydrogens (primary N) is 1. The monoisotopic (exact) mass is 252 g/mol. The zero-order chi connectivity index (χ0) is 13.2. The van der Waals surface area contributed by atoms with Crippen LogP contribution in [0.5, 0.6) is 5.75 Å². The van der Waals surface area contributed by atoms with Crippen LogP contribution < -0.4 is 10.5 Å². The first kappa shape index (κ1) is 13.8. The number of rotatable bonds is 3. The molecule has 0 spiro atoms. The first-order valence-electron chi connectivity index (χ1n) is 5.34. The number of ether oxygens (including phenoxy) is 1. The molecule has 92 valence electrons. The van der Waals surface area contributed by atoms with Crippen molar-refractivity contribution in [3.63, 3.8) is 0 Å². The van der Waals surface area contributed by atoms with Gasteiger partial charge in [0.1, 0.15) is 5.75 Å². The molecule has 1 aromatic rings. The van der Waals surface area contributed by atoms with Gasteiger partial charge in [-0.15, -0.1) is 0 Å². The van der Waals surface area contributed by atoms with E-state index in [9.17, 15) is 0 Å². The molecule has 0 amide bonds. The van der Waals surface area contributed by atoms with Crippen molar-refractivity contribution in [3.8, 4) is 11.8 Å². The maximum Gasteiger partial charge on any atom is 0.137 e. The first-order chi connectivity index (χ1) is 7.83. The SMILES string of the molecule is COc1cc(C)c(C(N)C(C)(C)C#N)cc1Cl. The Bertz CT molecular complexity index is 463.